The minimum absolute atomic E-state index is 0.109. The molecule has 1 aliphatic rings. The topological polar surface area (TPSA) is 72.6 Å². The quantitative estimate of drug-likeness (QED) is 0.879. The van der Waals surface area contributed by atoms with Crippen LogP contribution in [0.4, 0.5) is 0 Å². The van der Waals surface area contributed by atoms with Gasteiger partial charge in [-0.15, -0.1) is 0 Å². The van der Waals surface area contributed by atoms with Gasteiger partial charge in [0.25, 0.3) is 0 Å². The molecule has 1 aromatic heterocycles. The number of aromatic nitrogens is 1. The van der Waals surface area contributed by atoms with E-state index in [2.05, 4.69) is 4.98 Å². The standard InChI is InChI=1S/C13H11NO4/c1-7-11(13(15)16)18-12(14-7)8-2-3-9-5-17-6-10(9)4-8/h2-4H,5-6H2,1H3,(H,15,16). The average molecular weight is 245 g/mol. The van der Waals surface area contributed by atoms with Crippen molar-refractivity contribution in [1.29, 1.82) is 0 Å². The predicted molar refractivity (Wildman–Crippen MR) is 62.1 cm³/mol. The first-order valence-corrected chi connectivity index (χ1v) is 5.56. The molecule has 0 aliphatic carbocycles. The summed E-state index contributed by atoms with van der Waals surface area (Å²) in [6.07, 6.45) is 0. The van der Waals surface area contributed by atoms with Crippen molar-refractivity contribution in [2.24, 2.45) is 0 Å². The zero-order valence-electron chi connectivity index (χ0n) is 9.77. The SMILES string of the molecule is Cc1nc(-c2ccc3c(c2)COC3)oc1C(=O)O. The fourth-order valence-electron chi connectivity index (χ4n) is 2.02. The maximum Gasteiger partial charge on any atom is 0.373 e. The Labute approximate surface area is 103 Å². The Hall–Kier alpha value is -2.14. The van der Waals surface area contributed by atoms with Gasteiger partial charge in [0.2, 0.25) is 11.7 Å². The van der Waals surface area contributed by atoms with Crippen molar-refractivity contribution in [3.8, 4) is 11.5 Å². The third kappa shape index (κ3) is 1.69. The van der Waals surface area contributed by atoms with E-state index in [-0.39, 0.29) is 5.76 Å². The number of fused-ring (bicyclic) bond motifs is 1. The van der Waals surface area contributed by atoms with Gasteiger partial charge in [-0.05, 0) is 30.2 Å². The lowest BCUT2D eigenvalue weighted by atomic mass is 10.1. The number of hydrogen-bond donors (Lipinski definition) is 1. The Morgan fingerprint density at radius 1 is 1.33 bits per heavy atom. The van der Waals surface area contributed by atoms with Crippen LogP contribution in [0.25, 0.3) is 11.5 Å². The Kier molecular flexibility index (Phi) is 2.41. The highest BCUT2D eigenvalue weighted by Crippen LogP contribution is 2.27. The van der Waals surface area contributed by atoms with Crippen LogP contribution in [0.15, 0.2) is 22.6 Å². The van der Waals surface area contributed by atoms with Gasteiger partial charge in [-0.3, -0.25) is 0 Å². The number of rotatable bonds is 2. The zero-order valence-corrected chi connectivity index (χ0v) is 9.77. The fourth-order valence-corrected chi connectivity index (χ4v) is 2.02. The van der Waals surface area contributed by atoms with Crippen LogP contribution in [-0.2, 0) is 18.0 Å². The summed E-state index contributed by atoms with van der Waals surface area (Å²) in [5.74, 6) is -0.878. The van der Waals surface area contributed by atoms with E-state index in [0.717, 1.165) is 16.7 Å². The minimum Gasteiger partial charge on any atom is -0.475 e. The van der Waals surface area contributed by atoms with Crippen LogP contribution >= 0.6 is 0 Å². The summed E-state index contributed by atoms with van der Waals surface area (Å²) in [6.45, 7) is 2.82. The predicted octanol–water partition coefficient (Wildman–Crippen LogP) is 2.38. The molecule has 5 heteroatoms. The number of benzene rings is 1. The lowest BCUT2D eigenvalue weighted by Crippen LogP contribution is -1.95. The molecule has 5 nitrogen and oxygen atoms in total. The van der Waals surface area contributed by atoms with Gasteiger partial charge in [0.15, 0.2) is 0 Å². The molecule has 92 valence electrons. The van der Waals surface area contributed by atoms with Crippen molar-refractivity contribution >= 4 is 5.97 Å². The lowest BCUT2D eigenvalue weighted by Gasteiger charge is -1.99. The maximum absolute atomic E-state index is 10.9. The first-order chi connectivity index (χ1) is 8.65. The van der Waals surface area contributed by atoms with Crippen LogP contribution in [0, 0.1) is 6.92 Å². The van der Waals surface area contributed by atoms with Crippen molar-refractivity contribution in [3.05, 3.63) is 40.8 Å². The van der Waals surface area contributed by atoms with Gasteiger partial charge in [0.05, 0.1) is 18.9 Å². The lowest BCUT2D eigenvalue weighted by molar-refractivity contribution is 0.0662. The molecule has 3 rings (SSSR count). The summed E-state index contributed by atoms with van der Waals surface area (Å²) < 4.78 is 10.6. The number of carbonyl (C=O) groups is 1. The summed E-state index contributed by atoms with van der Waals surface area (Å²) in [5, 5.41) is 8.93. The monoisotopic (exact) mass is 245 g/mol. The molecule has 0 radical (unpaired) electrons. The van der Waals surface area contributed by atoms with Crippen molar-refractivity contribution in [1.82, 2.24) is 4.98 Å². The van der Waals surface area contributed by atoms with Gasteiger partial charge in [0.1, 0.15) is 0 Å². The molecule has 0 spiro atoms. The summed E-state index contributed by atoms with van der Waals surface area (Å²) >= 11 is 0. The van der Waals surface area contributed by atoms with Crippen molar-refractivity contribution in [2.45, 2.75) is 20.1 Å². The number of carboxylic acids is 1. The second kappa shape index (κ2) is 3.96. The van der Waals surface area contributed by atoms with Crippen LogP contribution < -0.4 is 0 Å². The van der Waals surface area contributed by atoms with Gasteiger partial charge in [-0.2, -0.15) is 0 Å². The first kappa shape index (κ1) is 11.0. The summed E-state index contributed by atoms with van der Waals surface area (Å²) in [5.41, 5.74) is 3.41. The Morgan fingerprint density at radius 3 is 2.83 bits per heavy atom. The first-order valence-electron chi connectivity index (χ1n) is 5.56. The highest BCUT2D eigenvalue weighted by molar-refractivity contribution is 5.86. The molecule has 1 aromatic carbocycles. The molecular weight excluding hydrogens is 234 g/mol. The second-order valence-electron chi connectivity index (χ2n) is 4.21. The number of nitrogens with zero attached hydrogens (tertiary/aromatic N) is 1. The minimum atomic E-state index is -1.10. The molecule has 2 heterocycles. The average Bonchev–Trinajstić information content (AvgIpc) is 2.93. The molecule has 0 atom stereocenters. The summed E-state index contributed by atoms with van der Waals surface area (Å²) in [6, 6.07) is 5.75. The second-order valence-corrected chi connectivity index (χ2v) is 4.21. The van der Waals surface area contributed by atoms with Crippen LogP contribution in [0.5, 0.6) is 0 Å². The van der Waals surface area contributed by atoms with E-state index in [1.54, 1.807) is 6.92 Å². The maximum atomic E-state index is 10.9. The molecular formula is C13H11NO4. The molecule has 1 aliphatic heterocycles. The van der Waals surface area contributed by atoms with E-state index < -0.39 is 5.97 Å². The third-order valence-electron chi connectivity index (χ3n) is 2.96. The number of carboxylic acid groups (broad SMARTS) is 1. The third-order valence-corrected chi connectivity index (χ3v) is 2.96. The van der Waals surface area contributed by atoms with Gasteiger partial charge >= 0.3 is 5.97 Å². The van der Waals surface area contributed by atoms with Crippen molar-refractivity contribution in [3.63, 3.8) is 0 Å². The molecule has 1 N–H and O–H groups in total. The molecule has 2 aromatic rings. The normalized spacial score (nSPS) is 13.6. The van der Waals surface area contributed by atoms with E-state index in [1.807, 2.05) is 18.2 Å². The molecule has 18 heavy (non-hydrogen) atoms. The fraction of sp³-hybridized carbons (Fsp3) is 0.231. The van der Waals surface area contributed by atoms with E-state index >= 15 is 0 Å². The molecule has 0 saturated heterocycles. The largest absolute Gasteiger partial charge is 0.475 e. The number of ether oxygens (including phenoxy) is 1. The highest BCUT2D eigenvalue weighted by Gasteiger charge is 2.19. The summed E-state index contributed by atoms with van der Waals surface area (Å²) in [4.78, 5) is 15.0. The number of oxazole rings is 1. The number of hydrogen-bond acceptors (Lipinski definition) is 4. The van der Waals surface area contributed by atoms with E-state index in [0.29, 0.717) is 24.8 Å². The molecule has 0 saturated carbocycles. The van der Waals surface area contributed by atoms with Gasteiger partial charge in [-0.1, -0.05) is 6.07 Å². The smallest absolute Gasteiger partial charge is 0.373 e. The Bertz CT molecular complexity index is 630. The van der Waals surface area contributed by atoms with Gasteiger partial charge in [-0.25, -0.2) is 9.78 Å². The van der Waals surface area contributed by atoms with Gasteiger partial charge in [0, 0.05) is 5.56 Å². The highest BCUT2D eigenvalue weighted by atomic mass is 16.5. The van der Waals surface area contributed by atoms with E-state index in [1.165, 1.54) is 0 Å². The molecule has 0 unspecified atom stereocenters. The van der Waals surface area contributed by atoms with Crippen LogP contribution in [0.1, 0.15) is 27.4 Å². The molecule has 0 fully saturated rings. The van der Waals surface area contributed by atoms with Crippen molar-refractivity contribution in [2.75, 3.05) is 0 Å². The van der Waals surface area contributed by atoms with Crippen LogP contribution in [-0.4, -0.2) is 16.1 Å². The molecule has 0 amide bonds. The zero-order chi connectivity index (χ0) is 12.7. The number of aromatic carboxylic acids is 1. The Morgan fingerprint density at radius 2 is 2.11 bits per heavy atom. The van der Waals surface area contributed by atoms with Crippen LogP contribution in [0.3, 0.4) is 0 Å². The summed E-state index contributed by atoms with van der Waals surface area (Å²) in [7, 11) is 0. The molecule has 0 bridgehead atoms. The Balaban J connectivity index is 2.05. The van der Waals surface area contributed by atoms with Crippen molar-refractivity contribution < 1.29 is 19.1 Å². The van der Waals surface area contributed by atoms with E-state index in [9.17, 15) is 4.79 Å². The van der Waals surface area contributed by atoms with Gasteiger partial charge < -0.3 is 14.3 Å². The van der Waals surface area contributed by atoms with Crippen LogP contribution in [0.2, 0.25) is 0 Å². The number of aryl methyl sites for hydroxylation is 1. The van der Waals surface area contributed by atoms with E-state index in [4.69, 9.17) is 14.3 Å².